The summed E-state index contributed by atoms with van der Waals surface area (Å²) in [6.45, 7) is 0.836. The maximum atomic E-state index is 14.2. The monoisotopic (exact) mass is 605 g/mol. The van der Waals surface area contributed by atoms with Gasteiger partial charge in [-0.25, -0.2) is 4.79 Å². The summed E-state index contributed by atoms with van der Waals surface area (Å²) in [5, 5.41) is 2.98. The fraction of sp³-hybridized carbons (Fsp3) is 0.188. The van der Waals surface area contributed by atoms with E-state index >= 15 is 0 Å². The molecule has 0 bridgehead atoms. The highest BCUT2D eigenvalue weighted by Gasteiger charge is 2.41. The van der Waals surface area contributed by atoms with E-state index in [0.717, 1.165) is 12.1 Å². The van der Waals surface area contributed by atoms with Gasteiger partial charge in [-0.1, -0.05) is 42.5 Å². The molecule has 43 heavy (non-hydrogen) atoms. The summed E-state index contributed by atoms with van der Waals surface area (Å²) in [4.78, 5) is 32.1. The molecule has 0 saturated carbocycles. The summed E-state index contributed by atoms with van der Waals surface area (Å²) in [6.07, 6.45) is -4.44. The van der Waals surface area contributed by atoms with E-state index in [4.69, 9.17) is 9.47 Å². The van der Waals surface area contributed by atoms with Crippen LogP contribution in [0.25, 0.3) is 16.1 Å². The topological polar surface area (TPSA) is 71.1 Å². The first-order chi connectivity index (χ1) is 20.6. The number of anilines is 1. The molecule has 3 heterocycles. The van der Waals surface area contributed by atoms with Gasteiger partial charge in [0.15, 0.2) is 11.5 Å². The molecule has 0 radical (unpaired) electrons. The van der Waals surface area contributed by atoms with Gasteiger partial charge in [-0.15, -0.1) is 11.3 Å². The number of nitrogens with one attached hydrogen (secondary N) is 1. The molecule has 7 nitrogen and oxygen atoms in total. The van der Waals surface area contributed by atoms with Crippen LogP contribution >= 0.6 is 11.3 Å². The number of carbonyl (C=O) groups is 2. The average molecular weight is 606 g/mol. The molecular formula is C32H26F3N3O4S. The number of hydrogen-bond donors (Lipinski definition) is 1. The molecule has 2 aliphatic heterocycles. The number of alkyl halides is 3. The van der Waals surface area contributed by atoms with Gasteiger partial charge in [0.25, 0.3) is 5.91 Å². The van der Waals surface area contributed by atoms with Gasteiger partial charge in [0, 0.05) is 35.6 Å². The largest absolute Gasteiger partial charge is 0.486 e. The summed E-state index contributed by atoms with van der Waals surface area (Å²) in [5.74, 6) is 0.685. The van der Waals surface area contributed by atoms with Gasteiger partial charge in [0.05, 0.1) is 16.8 Å². The normalized spacial score (nSPS) is 16.9. The number of likely N-dealkylation sites (N-methyl/N-ethyl adjacent to an activating group) is 1. The van der Waals surface area contributed by atoms with Gasteiger partial charge in [-0.3, -0.25) is 9.69 Å². The smallest absolute Gasteiger partial charge is 0.416 e. The summed E-state index contributed by atoms with van der Waals surface area (Å²) >= 11 is 1.31. The lowest BCUT2D eigenvalue weighted by Gasteiger charge is -2.40. The Morgan fingerprint density at radius 2 is 1.58 bits per heavy atom. The van der Waals surface area contributed by atoms with E-state index in [1.165, 1.54) is 33.3 Å². The highest BCUT2D eigenvalue weighted by Crippen LogP contribution is 2.44. The zero-order valence-electron chi connectivity index (χ0n) is 23.1. The standard InChI is InChI=1S/C32H26F3N3O4S/c1-37-28(20-6-4-3-5-7-20)27(30(39)36-22-12-13-23-24(18-22)42-17-16-41-23)29(38(2)31(37)40)26-15-14-25(43-26)19-8-10-21(11-9-19)32(33,34)35/h3-15,18,29H,16-17H2,1-2H3,(H,36,39). The van der Waals surface area contributed by atoms with Crippen molar-refractivity contribution in [2.45, 2.75) is 12.2 Å². The van der Waals surface area contributed by atoms with Crippen LogP contribution in [-0.4, -0.2) is 49.0 Å². The van der Waals surface area contributed by atoms with Crippen LogP contribution in [0.2, 0.25) is 0 Å². The Bertz CT molecular complexity index is 1720. The van der Waals surface area contributed by atoms with Gasteiger partial charge >= 0.3 is 12.2 Å². The number of urea groups is 1. The molecule has 1 atom stereocenters. The molecule has 0 aliphatic carbocycles. The molecule has 3 amide bonds. The molecule has 3 aromatic carbocycles. The van der Waals surface area contributed by atoms with E-state index in [1.807, 2.05) is 30.3 Å². The van der Waals surface area contributed by atoms with Crippen LogP contribution in [0, 0.1) is 0 Å². The van der Waals surface area contributed by atoms with E-state index in [0.29, 0.717) is 62.6 Å². The minimum absolute atomic E-state index is 0.316. The molecule has 11 heteroatoms. The van der Waals surface area contributed by atoms with Crippen LogP contribution in [0.1, 0.15) is 22.0 Å². The molecule has 6 rings (SSSR count). The number of rotatable bonds is 5. The van der Waals surface area contributed by atoms with Crippen molar-refractivity contribution in [2.75, 3.05) is 32.6 Å². The molecule has 1 N–H and O–H groups in total. The van der Waals surface area contributed by atoms with E-state index < -0.39 is 23.7 Å². The van der Waals surface area contributed by atoms with E-state index in [-0.39, 0.29) is 6.03 Å². The lowest BCUT2D eigenvalue weighted by Crippen LogP contribution is -2.47. The van der Waals surface area contributed by atoms with Crippen LogP contribution in [-0.2, 0) is 11.0 Å². The number of fused-ring (bicyclic) bond motifs is 1. The Hall–Kier alpha value is -4.77. The van der Waals surface area contributed by atoms with Crippen LogP contribution in [0.3, 0.4) is 0 Å². The van der Waals surface area contributed by atoms with Crippen molar-refractivity contribution >= 4 is 34.7 Å². The number of benzene rings is 3. The predicted molar refractivity (Wildman–Crippen MR) is 158 cm³/mol. The van der Waals surface area contributed by atoms with Crippen LogP contribution in [0.15, 0.2) is 90.5 Å². The van der Waals surface area contributed by atoms with Gasteiger partial charge in [0.1, 0.15) is 19.3 Å². The minimum Gasteiger partial charge on any atom is -0.486 e. The molecule has 0 spiro atoms. The SMILES string of the molecule is CN1C(=O)N(C)C(c2ccc(-c3ccc(C(F)(F)F)cc3)s2)C(C(=O)Nc2ccc3c(c2)OCCO3)=C1c1ccccc1. The highest BCUT2D eigenvalue weighted by molar-refractivity contribution is 7.15. The molecular weight excluding hydrogens is 579 g/mol. The van der Waals surface area contributed by atoms with Crippen molar-refractivity contribution < 1.29 is 32.2 Å². The Morgan fingerprint density at radius 3 is 2.28 bits per heavy atom. The van der Waals surface area contributed by atoms with Crippen LogP contribution in [0.5, 0.6) is 11.5 Å². The summed E-state index contributed by atoms with van der Waals surface area (Å²) < 4.78 is 50.6. The molecule has 1 aromatic heterocycles. The Kier molecular flexibility index (Phi) is 7.35. The minimum atomic E-state index is -4.44. The molecule has 220 valence electrons. The van der Waals surface area contributed by atoms with Gasteiger partial charge in [0.2, 0.25) is 0 Å². The zero-order valence-corrected chi connectivity index (χ0v) is 24.0. The van der Waals surface area contributed by atoms with E-state index in [1.54, 1.807) is 44.4 Å². The second-order valence-corrected chi connectivity index (χ2v) is 11.2. The molecule has 2 aliphatic rings. The van der Waals surface area contributed by atoms with Crippen molar-refractivity contribution in [3.63, 3.8) is 0 Å². The number of ether oxygens (including phenoxy) is 2. The summed E-state index contributed by atoms with van der Waals surface area (Å²) in [6, 6.07) is 21.7. The van der Waals surface area contributed by atoms with Gasteiger partial charge in [-0.2, -0.15) is 13.2 Å². The molecule has 1 unspecified atom stereocenters. The maximum Gasteiger partial charge on any atom is 0.416 e. The predicted octanol–water partition coefficient (Wildman–Crippen LogP) is 7.29. The van der Waals surface area contributed by atoms with Crippen molar-refractivity contribution in [2.24, 2.45) is 0 Å². The van der Waals surface area contributed by atoms with E-state index in [9.17, 15) is 22.8 Å². The maximum absolute atomic E-state index is 14.2. The third-order valence-corrected chi connectivity index (χ3v) is 8.51. The highest BCUT2D eigenvalue weighted by atomic mass is 32.1. The number of nitrogens with zero attached hydrogens (tertiary/aromatic N) is 2. The number of thiophene rings is 1. The Balaban J connectivity index is 1.43. The average Bonchev–Trinajstić information content (AvgIpc) is 3.49. The van der Waals surface area contributed by atoms with Crippen molar-refractivity contribution in [1.82, 2.24) is 9.80 Å². The number of amides is 3. The summed E-state index contributed by atoms with van der Waals surface area (Å²) in [7, 11) is 3.25. The van der Waals surface area contributed by atoms with Crippen molar-refractivity contribution in [3.8, 4) is 21.9 Å². The second kappa shape index (κ2) is 11.1. The van der Waals surface area contributed by atoms with Gasteiger partial charge < -0.3 is 19.7 Å². The first-order valence-electron chi connectivity index (χ1n) is 13.4. The Labute approximate surface area is 249 Å². The fourth-order valence-corrected chi connectivity index (χ4v) is 6.42. The zero-order chi connectivity index (χ0) is 30.3. The lowest BCUT2D eigenvalue weighted by atomic mass is 9.94. The van der Waals surface area contributed by atoms with Gasteiger partial charge in [-0.05, 0) is 47.5 Å². The Morgan fingerprint density at radius 1 is 0.884 bits per heavy atom. The van der Waals surface area contributed by atoms with Crippen LogP contribution < -0.4 is 14.8 Å². The first-order valence-corrected chi connectivity index (χ1v) is 14.2. The number of carbonyl (C=O) groups excluding carboxylic acids is 2. The lowest BCUT2D eigenvalue weighted by molar-refractivity contribution is -0.137. The third kappa shape index (κ3) is 5.43. The third-order valence-electron chi connectivity index (χ3n) is 7.32. The molecule has 0 fully saturated rings. The van der Waals surface area contributed by atoms with Crippen LogP contribution in [0.4, 0.5) is 23.7 Å². The number of halogens is 3. The molecule has 0 saturated heterocycles. The molecule has 4 aromatic rings. The van der Waals surface area contributed by atoms with Crippen molar-refractivity contribution in [3.05, 3.63) is 107 Å². The number of hydrogen-bond acceptors (Lipinski definition) is 5. The quantitative estimate of drug-likeness (QED) is 0.259. The van der Waals surface area contributed by atoms with Crippen molar-refractivity contribution in [1.29, 1.82) is 0 Å². The second-order valence-electron chi connectivity index (χ2n) is 10.1. The summed E-state index contributed by atoms with van der Waals surface area (Å²) in [5.41, 5.74) is 1.83. The first kappa shape index (κ1) is 28.4. The fourth-order valence-electron chi connectivity index (χ4n) is 5.25. The van der Waals surface area contributed by atoms with E-state index in [2.05, 4.69) is 5.32 Å².